The lowest BCUT2D eigenvalue weighted by Gasteiger charge is -2.06. The topological polar surface area (TPSA) is 92.2 Å². The van der Waals surface area contributed by atoms with Crippen molar-refractivity contribution in [3.63, 3.8) is 0 Å². The van der Waals surface area contributed by atoms with Gasteiger partial charge in [0.1, 0.15) is 5.69 Å². The average molecular weight is 271 g/mol. The second-order valence-corrected chi connectivity index (χ2v) is 4.20. The van der Waals surface area contributed by atoms with Crippen molar-refractivity contribution in [3.05, 3.63) is 59.2 Å². The van der Waals surface area contributed by atoms with Crippen LogP contribution < -0.4 is 5.32 Å². The van der Waals surface area contributed by atoms with E-state index in [2.05, 4.69) is 15.3 Å². The van der Waals surface area contributed by atoms with Crippen LogP contribution in [0.3, 0.4) is 0 Å². The van der Waals surface area contributed by atoms with E-state index in [1.807, 2.05) is 19.1 Å². The molecule has 102 valence electrons. The molecule has 2 rings (SSSR count). The highest BCUT2D eigenvalue weighted by Gasteiger charge is 2.17. The molecule has 0 atom stereocenters. The number of hydrogen-bond donors (Lipinski definition) is 2. The van der Waals surface area contributed by atoms with Crippen LogP contribution in [0.15, 0.2) is 36.7 Å². The van der Waals surface area contributed by atoms with E-state index in [0.717, 1.165) is 11.3 Å². The number of nitrogens with one attached hydrogen (secondary N) is 1. The predicted molar refractivity (Wildman–Crippen MR) is 71.3 cm³/mol. The number of carbonyl (C=O) groups is 2. The minimum Gasteiger partial charge on any atom is -0.478 e. The number of carboxylic acid groups (broad SMARTS) is 1. The van der Waals surface area contributed by atoms with Crippen molar-refractivity contribution < 1.29 is 14.7 Å². The molecular weight excluding hydrogens is 258 g/mol. The molecule has 6 nitrogen and oxygen atoms in total. The number of nitrogens with zero attached hydrogens (tertiary/aromatic N) is 2. The number of aromatic carboxylic acids is 1. The maximum Gasteiger partial charge on any atom is 0.338 e. The summed E-state index contributed by atoms with van der Waals surface area (Å²) >= 11 is 0. The largest absolute Gasteiger partial charge is 0.478 e. The molecular formula is C14H13N3O3. The Morgan fingerprint density at radius 1 is 1.25 bits per heavy atom. The van der Waals surface area contributed by atoms with Crippen molar-refractivity contribution >= 4 is 11.9 Å². The molecule has 0 bridgehead atoms. The van der Waals surface area contributed by atoms with Gasteiger partial charge in [0.15, 0.2) is 0 Å². The van der Waals surface area contributed by atoms with E-state index in [-0.39, 0.29) is 17.8 Å². The zero-order valence-corrected chi connectivity index (χ0v) is 10.8. The quantitative estimate of drug-likeness (QED) is 0.877. The molecule has 2 aromatic rings. The van der Waals surface area contributed by atoms with Crippen molar-refractivity contribution in [2.24, 2.45) is 0 Å². The van der Waals surface area contributed by atoms with Crippen LogP contribution in [0.25, 0.3) is 0 Å². The summed E-state index contributed by atoms with van der Waals surface area (Å²) in [6, 6.07) is 6.51. The van der Waals surface area contributed by atoms with E-state index < -0.39 is 11.9 Å². The minimum atomic E-state index is -1.18. The highest BCUT2D eigenvalue weighted by Crippen LogP contribution is 2.06. The van der Waals surface area contributed by atoms with Crippen LogP contribution in [0.2, 0.25) is 0 Å². The summed E-state index contributed by atoms with van der Waals surface area (Å²) in [4.78, 5) is 30.9. The summed E-state index contributed by atoms with van der Waals surface area (Å²) in [6.07, 6.45) is 3.04. The Labute approximate surface area is 115 Å². The minimum absolute atomic E-state index is 0.0972. The molecule has 2 aromatic heterocycles. The first-order valence-electron chi connectivity index (χ1n) is 5.96. The number of aryl methyl sites for hydroxylation is 1. The Bertz CT molecular complexity index is 638. The monoisotopic (exact) mass is 271 g/mol. The summed E-state index contributed by atoms with van der Waals surface area (Å²) in [5.74, 6) is -1.70. The molecule has 6 heteroatoms. The molecule has 0 saturated heterocycles. The third-order valence-electron chi connectivity index (χ3n) is 2.68. The molecule has 0 aliphatic carbocycles. The van der Waals surface area contributed by atoms with Crippen molar-refractivity contribution in [2.45, 2.75) is 13.5 Å². The zero-order valence-electron chi connectivity index (χ0n) is 10.8. The van der Waals surface area contributed by atoms with Crippen LogP contribution in [-0.2, 0) is 6.54 Å². The first-order chi connectivity index (χ1) is 9.58. The third-order valence-corrected chi connectivity index (χ3v) is 2.68. The number of aromatic nitrogens is 2. The predicted octanol–water partition coefficient (Wildman–Crippen LogP) is 1.41. The van der Waals surface area contributed by atoms with Gasteiger partial charge in [0.25, 0.3) is 5.91 Å². The lowest BCUT2D eigenvalue weighted by atomic mass is 10.2. The van der Waals surface area contributed by atoms with Gasteiger partial charge in [0.05, 0.1) is 5.56 Å². The number of rotatable bonds is 4. The van der Waals surface area contributed by atoms with Gasteiger partial charge in [-0.25, -0.2) is 4.79 Å². The summed E-state index contributed by atoms with van der Waals surface area (Å²) in [7, 11) is 0. The first kappa shape index (κ1) is 13.7. The van der Waals surface area contributed by atoms with Crippen molar-refractivity contribution in [1.82, 2.24) is 15.3 Å². The van der Waals surface area contributed by atoms with E-state index in [1.54, 1.807) is 6.20 Å². The smallest absolute Gasteiger partial charge is 0.338 e. The lowest BCUT2D eigenvalue weighted by Crippen LogP contribution is -2.26. The standard InChI is InChI=1S/C14H13N3O3/c1-9-4-5-10(7-16-9)8-17-13(18)12-11(14(19)20)3-2-6-15-12/h2-7H,8H2,1H3,(H,17,18)(H,19,20). The summed E-state index contributed by atoms with van der Waals surface area (Å²) in [5.41, 5.74) is 1.50. The SMILES string of the molecule is Cc1ccc(CNC(=O)c2ncccc2C(=O)O)cn1. The van der Waals surface area contributed by atoms with Gasteiger partial charge in [-0.3, -0.25) is 14.8 Å². The van der Waals surface area contributed by atoms with Gasteiger partial charge in [-0.05, 0) is 30.7 Å². The van der Waals surface area contributed by atoms with Gasteiger partial charge in [0.2, 0.25) is 0 Å². The van der Waals surface area contributed by atoms with Crippen molar-refractivity contribution in [2.75, 3.05) is 0 Å². The van der Waals surface area contributed by atoms with E-state index >= 15 is 0 Å². The number of carboxylic acids is 1. The molecule has 2 N–H and O–H groups in total. The maximum atomic E-state index is 12.0. The highest BCUT2D eigenvalue weighted by molar-refractivity contribution is 6.03. The van der Waals surface area contributed by atoms with E-state index in [1.165, 1.54) is 18.3 Å². The second kappa shape index (κ2) is 5.92. The van der Waals surface area contributed by atoms with Gasteiger partial charge in [-0.1, -0.05) is 6.07 Å². The van der Waals surface area contributed by atoms with Crippen molar-refractivity contribution in [3.8, 4) is 0 Å². The molecule has 0 unspecified atom stereocenters. The lowest BCUT2D eigenvalue weighted by molar-refractivity contribution is 0.0690. The molecule has 0 aromatic carbocycles. The number of hydrogen-bond acceptors (Lipinski definition) is 4. The fraction of sp³-hybridized carbons (Fsp3) is 0.143. The summed E-state index contributed by atoms with van der Waals surface area (Å²) in [5, 5.41) is 11.6. The van der Waals surface area contributed by atoms with Crippen LogP contribution >= 0.6 is 0 Å². The van der Waals surface area contributed by atoms with Gasteiger partial charge in [0, 0.05) is 24.6 Å². The molecule has 20 heavy (non-hydrogen) atoms. The molecule has 2 heterocycles. The van der Waals surface area contributed by atoms with Crippen LogP contribution in [-0.4, -0.2) is 27.0 Å². The van der Waals surface area contributed by atoms with Gasteiger partial charge < -0.3 is 10.4 Å². The van der Waals surface area contributed by atoms with E-state index in [9.17, 15) is 9.59 Å². The molecule has 0 spiro atoms. The Hall–Kier alpha value is -2.76. The summed E-state index contributed by atoms with van der Waals surface area (Å²) in [6.45, 7) is 2.14. The van der Waals surface area contributed by atoms with Crippen LogP contribution in [0.5, 0.6) is 0 Å². The third kappa shape index (κ3) is 3.17. The Morgan fingerprint density at radius 3 is 2.70 bits per heavy atom. The molecule has 0 aliphatic rings. The van der Waals surface area contributed by atoms with Crippen molar-refractivity contribution in [1.29, 1.82) is 0 Å². The molecule has 0 aliphatic heterocycles. The number of amides is 1. The Balaban J connectivity index is 2.09. The normalized spacial score (nSPS) is 10.1. The van der Waals surface area contributed by atoms with Crippen LogP contribution in [0, 0.1) is 6.92 Å². The van der Waals surface area contributed by atoms with E-state index in [4.69, 9.17) is 5.11 Å². The van der Waals surface area contributed by atoms with Gasteiger partial charge in [-0.15, -0.1) is 0 Å². The number of pyridine rings is 2. The molecule has 0 saturated carbocycles. The van der Waals surface area contributed by atoms with E-state index in [0.29, 0.717) is 0 Å². The molecule has 1 amide bonds. The van der Waals surface area contributed by atoms with Gasteiger partial charge >= 0.3 is 5.97 Å². The summed E-state index contributed by atoms with van der Waals surface area (Å²) < 4.78 is 0. The molecule has 0 fully saturated rings. The maximum absolute atomic E-state index is 12.0. The van der Waals surface area contributed by atoms with Crippen LogP contribution in [0.4, 0.5) is 0 Å². The second-order valence-electron chi connectivity index (χ2n) is 4.20. The fourth-order valence-corrected chi connectivity index (χ4v) is 1.63. The fourth-order valence-electron chi connectivity index (χ4n) is 1.63. The highest BCUT2D eigenvalue weighted by atomic mass is 16.4. The average Bonchev–Trinajstić information content (AvgIpc) is 2.46. The Morgan fingerprint density at radius 2 is 2.05 bits per heavy atom. The Kier molecular flexibility index (Phi) is 4.05. The molecule has 0 radical (unpaired) electrons. The zero-order chi connectivity index (χ0) is 14.5. The number of carbonyl (C=O) groups excluding carboxylic acids is 1. The first-order valence-corrected chi connectivity index (χ1v) is 5.96. The van der Waals surface area contributed by atoms with Gasteiger partial charge in [-0.2, -0.15) is 0 Å². The van der Waals surface area contributed by atoms with Crippen LogP contribution in [0.1, 0.15) is 32.1 Å².